The normalized spacial score (nSPS) is 18.3. The third-order valence-corrected chi connectivity index (χ3v) is 3.76. The van der Waals surface area contributed by atoms with Crippen molar-refractivity contribution in [1.29, 1.82) is 0 Å². The second-order valence-corrected chi connectivity index (χ2v) is 5.78. The lowest BCUT2D eigenvalue weighted by Gasteiger charge is -2.32. The van der Waals surface area contributed by atoms with Gasteiger partial charge in [-0.2, -0.15) is 0 Å². The van der Waals surface area contributed by atoms with Crippen molar-refractivity contribution in [1.82, 2.24) is 5.32 Å². The summed E-state index contributed by atoms with van der Waals surface area (Å²) in [6.45, 7) is 1.38. The molecule has 2 N–H and O–H groups in total. The molecule has 1 fully saturated rings. The largest absolute Gasteiger partial charge is 0.388 e. The van der Waals surface area contributed by atoms with Gasteiger partial charge in [-0.1, -0.05) is 6.07 Å². The highest BCUT2D eigenvalue weighted by Gasteiger charge is 2.30. The van der Waals surface area contributed by atoms with Gasteiger partial charge in [0.15, 0.2) is 0 Å². The van der Waals surface area contributed by atoms with Gasteiger partial charge >= 0.3 is 0 Å². The average molecular weight is 361 g/mol. The Morgan fingerprint density at radius 3 is 2.83 bits per heavy atom. The molecule has 1 aliphatic heterocycles. The lowest BCUT2D eigenvalue weighted by atomic mass is 9.94. The number of nitrogens with one attached hydrogen (secondary N) is 1. The molecule has 0 atom stereocenters. The SMILES string of the molecule is O=C(NCC1(O)CCOCC1)c1cccc(I)c1. The van der Waals surface area contributed by atoms with Crippen molar-refractivity contribution >= 4 is 28.5 Å². The minimum Gasteiger partial charge on any atom is -0.388 e. The lowest BCUT2D eigenvalue weighted by molar-refractivity contribution is -0.0605. The molecule has 1 saturated heterocycles. The van der Waals surface area contributed by atoms with E-state index in [1.807, 2.05) is 18.2 Å². The van der Waals surface area contributed by atoms with Crippen LogP contribution in [-0.4, -0.2) is 36.4 Å². The summed E-state index contributed by atoms with van der Waals surface area (Å²) >= 11 is 2.17. The minimum atomic E-state index is -0.824. The zero-order valence-electron chi connectivity index (χ0n) is 9.99. The van der Waals surface area contributed by atoms with Gasteiger partial charge in [-0.15, -0.1) is 0 Å². The van der Waals surface area contributed by atoms with Gasteiger partial charge in [-0.3, -0.25) is 4.79 Å². The molecule has 0 spiro atoms. The fourth-order valence-electron chi connectivity index (χ4n) is 1.90. The van der Waals surface area contributed by atoms with Crippen molar-refractivity contribution in [2.45, 2.75) is 18.4 Å². The molecule has 0 aliphatic carbocycles. The number of aliphatic hydroxyl groups is 1. The van der Waals surface area contributed by atoms with Crippen LogP contribution in [0.4, 0.5) is 0 Å². The molecule has 0 aromatic heterocycles. The number of hydrogen-bond acceptors (Lipinski definition) is 3. The first-order valence-electron chi connectivity index (χ1n) is 5.93. The summed E-state index contributed by atoms with van der Waals surface area (Å²) in [6, 6.07) is 7.37. The van der Waals surface area contributed by atoms with E-state index in [4.69, 9.17) is 4.74 Å². The Kier molecular flexibility index (Phi) is 4.58. The Morgan fingerprint density at radius 2 is 2.17 bits per heavy atom. The van der Waals surface area contributed by atoms with Crippen LogP contribution in [0.15, 0.2) is 24.3 Å². The Morgan fingerprint density at radius 1 is 1.44 bits per heavy atom. The standard InChI is InChI=1S/C13H16INO3/c14-11-3-1-2-10(8-11)12(16)15-9-13(17)4-6-18-7-5-13/h1-3,8,17H,4-7,9H2,(H,15,16). The predicted octanol–water partition coefficient (Wildman–Crippen LogP) is 1.56. The second kappa shape index (κ2) is 5.99. The summed E-state index contributed by atoms with van der Waals surface area (Å²) in [6.07, 6.45) is 1.14. The van der Waals surface area contributed by atoms with Crippen LogP contribution >= 0.6 is 22.6 Å². The van der Waals surface area contributed by atoms with Gasteiger partial charge < -0.3 is 15.2 Å². The Balaban J connectivity index is 1.92. The van der Waals surface area contributed by atoms with Crippen LogP contribution in [-0.2, 0) is 4.74 Å². The van der Waals surface area contributed by atoms with E-state index in [2.05, 4.69) is 27.9 Å². The summed E-state index contributed by atoms with van der Waals surface area (Å²) in [5.41, 5.74) is -0.201. The Hall–Kier alpha value is -0.660. The molecule has 0 radical (unpaired) electrons. The van der Waals surface area contributed by atoms with Crippen LogP contribution < -0.4 is 5.32 Å². The molecular formula is C13H16INO3. The maximum atomic E-state index is 11.9. The van der Waals surface area contributed by atoms with E-state index < -0.39 is 5.60 Å². The van der Waals surface area contributed by atoms with E-state index in [0.29, 0.717) is 31.6 Å². The number of ether oxygens (including phenoxy) is 1. The molecule has 0 bridgehead atoms. The number of benzene rings is 1. The zero-order chi connectivity index (χ0) is 13.0. The molecule has 18 heavy (non-hydrogen) atoms. The molecule has 2 rings (SSSR count). The van der Waals surface area contributed by atoms with Gasteiger partial charge in [-0.05, 0) is 40.8 Å². The fraction of sp³-hybridized carbons (Fsp3) is 0.462. The van der Waals surface area contributed by atoms with E-state index in [1.165, 1.54) is 0 Å². The first-order valence-corrected chi connectivity index (χ1v) is 7.01. The molecule has 1 aliphatic rings. The summed E-state index contributed by atoms with van der Waals surface area (Å²) < 4.78 is 6.22. The second-order valence-electron chi connectivity index (χ2n) is 4.53. The molecule has 0 unspecified atom stereocenters. The number of rotatable bonds is 3. The van der Waals surface area contributed by atoms with Crippen molar-refractivity contribution < 1.29 is 14.6 Å². The number of amides is 1. The van der Waals surface area contributed by atoms with Gasteiger partial charge in [0.2, 0.25) is 0 Å². The smallest absolute Gasteiger partial charge is 0.251 e. The van der Waals surface area contributed by atoms with E-state index in [1.54, 1.807) is 6.07 Å². The van der Waals surface area contributed by atoms with Crippen LogP contribution in [0.3, 0.4) is 0 Å². The maximum Gasteiger partial charge on any atom is 0.251 e. The molecular weight excluding hydrogens is 345 g/mol. The topological polar surface area (TPSA) is 58.6 Å². The van der Waals surface area contributed by atoms with E-state index in [0.717, 1.165) is 3.57 Å². The quantitative estimate of drug-likeness (QED) is 0.804. The van der Waals surface area contributed by atoms with Crippen molar-refractivity contribution in [2.75, 3.05) is 19.8 Å². The molecule has 1 amide bonds. The van der Waals surface area contributed by atoms with Crippen LogP contribution in [0.2, 0.25) is 0 Å². The van der Waals surface area contributed by atoms with Gasteiger partial charge in [0.25, 0.3) is 5.91 Å². The molecule has 1 aromatic carbocycles. The van der Waals surface area contributed by atoms with Gasteiger partial charge in [-0.25, -0.2) is 0 Å². The van der Waals surface area contributed by atoms with E-state index >= 15 is 0 Å². The zero-order valence-corrected chi connectivity index (χ0v) is 12.1. The molecule has 4 nitrogen and oxygen atoms in total. The van der Waals surface area contributed by atoms with E-state index in [-0.39, 0.29) is 12.5 Å². The van der Waals surface area contributed by atoms with Crippen molar-refractivity contribution in [3.05, 3.63) is 33.4 Å². The van der Waals surface area contributed by atoms with Gasteiger partial charge in [0.05, 0.1) is 5.60 Å². The summed E-state index contributed by atoms with van der Waals surface area (Å²) in [4.78, 5) is 11.9. The van der Waals surface area contributed by atoms with Crippen molar-refractivity contribution in [2.24, 2.45) is 0 Å². The predicted molar refractivity (Wildman–Crippen MR) is 76.5 cm³/mol. The van der Waals surface area contributed by atoms with Crippen LogP contribution in [0.1, 0.15) is 23.2 Å². The molecule has 1 heterocycles. The summed E-state index contributed by atoms with van der Waals surface area (Å²) in [7, 11) is 0. The van der Waals surface area contributed by atoms with Gasteiger partial charge in [0, 0.05) is 41.7 Å². The highest BCUT2D eigenvalue weighted by atomic mass is 127. The van der Waals surface area contributed by atoms with E-state index in [9.17, 15) is 9.90 Å². The number of hydrogen-bond donors (Lipinski definition) is 2. The highest BCUT2D eigenvalue weighted by Crippen LogP contribution is 2.19. The van der Waals surface area contributed by atoms with Gasteiger partial charge in [0.1, 0.15) is 0 Å². The monoisotopic (exact) mass is 361 g/mol. The van der Waals surface area contributed by atoms with Crippen LogP contribution in [0, 0.1) is 3.57 Å². The third kappa shape index (κ3) is 3.66. The molecule has 1 aromatic rings. The maximum absolute atomic E-state index is 11.9. The summed E-state index contributed by atoms with van der Waals surface area (Å²) in [5.74, 6) is -0.145. The average Bonchev–Trinajstić information content (AvgIpc) is 2.37. The fourth-order valence-corrected chi connectivity index (χ4v) is 2.45. The molecule has 0 saturated carbocycles. The van der Waals surface area contributed by atoms with Crippen molar-refractivity contribution in [3.63, 3.8) is 0 Å². The van der Waals surface area contributed by atoms with Crippen LogP contribution in [0.5, 0.6) is 0 Å². The van der Waals surface area contributed by atoms with Crippen molar-refractivity contribution in [3.8, 4) is 0 Å². The number of carbonyl (C=O) groups excluding carboxylic acids is 1. The summed E-state index contributed by atoms with van der Waals surface area (Å²) in [5, 5.41) is 13.0. The third-order valence-electron chi connectivity index (χ3n) is 3.09. The first kappa shape index (κ1) is 13.8. The first-order chi connectivity index (χ1) is 8.59. The number of halogens is 1. The Bertz CT molecular complexity index is 430. The number of carbonyl (C=O) groups is 1. The Labute approximate surface area is 120 Å². The lowest BCUT2D eigenvalue weighted by Crippen LogP contribution is -2.46. The van der Waals surface area contributed by atoms with Crippen LogP contribution in [0.25, 0.3) is 0 Å². The molecule has 98 valence electrons. The molecule has 5 heteroatoms. The highest BCUT2D eigenvalue weighted by molar-refractivity contribution is 14.1. The minimum absolute atomic E-state index is 0.145.